The average Bonchev–Trinajstić information content (AvgIpc) is 3.25. The van der Waals surface area contributed by atoms with E-state index in [1.165, 1.54) is 11.6 Å². The second kappa shape index (κ2) is 6.46. The van der Waals surface area contributed by atoms with Crippen molar-refractivity contribution in [1.82, 2.24) is 4.98 Å². The molecule has 0 radical (unpaired) electrons. The maximum atomic E-state index is 15.0. The molecular weight excluding hydrogens is 372 g/mol. The molecule has 2 bridgehead atoms. The van der Waals surface area contributed by atoms with Gasteiger partial charge in [0.05, 0.1) is 24.4 Å². The minimum absolute atomic E-state index is 0.173. The van der Waals surface area contributed by atoms with Crippen LogP contribution in [0.4, 0.5) is 20.2 Å². The summed E-state index contributed by atoms with van der Waals surface area (Å²) >= 11 is 0. The standard InChI is InChI=1S/C23H23F2N3O/c24-14-1-5-18-19-7-8-27(13-22(19)26-21(18)9-14)15-2-6-23(20(25)10-15)28-11-16-3-4-17(12-28)29-16/h1-2,5-6,9-10,16-17,26H,3-4,7-8,11-13H2. The smallest absolute Gasteiger partial charge is 0.148 e. The Hall–Kier alpha value is -2.60. The molecule has 0 spiro atoms. The van der Waals surface area contributed by atoms with Gasteiger partial charge in [-0.05, 0) is 61.2 Å². The SMILES string of the molecule is Fc1ccc2c3c([nH]c2c1)CN(c1ccc(N2CC4CCC(C2)O4)c(F)c1)CC3. The van der Waals surface area contributed by atoms with Gasteiger partial charge in [0.25, 0.3) is 0 Å². The first-order valence-corrected chi connectivity index (χ1v) is 10.4. The summed E-state index contributed by atoms with van der Waals surface area (Å²) in [6.45, 7) is 3.03. The molecule has 6 heteroatoms. The van der Waals surface area contributed by atoms with Crippen molar-refractivity contribution in [1.29, 1.82) is 0 Å². The van der Waals surface area contributed by atoms with Crippen molar-refractivity contribution in [3.05, 3.63) is 59.3 Å². The van der Waals surface area contributed by atoms with E-state index >= 15 is 4.39 Å². The zero-order valence-corrected chi connectivity index (χ0v) is 16.1. The highest BCUT2D eigenvalue weighted by Crippen LogP contribution is 2.34. The molecule has 29 heavy (non-hydrogen) atoms. The van der Waals surface area contributed by atoms with E-state index < -0.39 is 0 Å². The lowest BCUT2D eigenvalue weighted by atomic mass is 10.0. The summed E-state index contributed by atoms with van der Waals surface area (Å²) in [5, 5.41) is 1.09. The molecule has 0 aliphatic carbocycles. The van der Waals surface area contributed by atoms with Crippen molar-refractivity contribution < 1.29 is 13.5 Å². The molecule has 3 aliphatic heterocycles. The van der Waals surface area contributed by atoms with E-state index in [1.54, 1.807) is 12.1 Å². The number of benzene rings is 2. The van der Waals surface area contributed by atoms with Gasteiger partial charge in [0.1, 0.15) is 11.6 Å². The van der Waals surface area contributed by atoms with Crippen molar-refractivity contribution in [3.8, 4) is 0 Å². The fraction of sp³-hybridized carbons (Fsp3) is 0.391. The number of aromatic nitrogens is 1. The van der Waals surface area contributed by atoms with E-state index in [4.69, 9.17) is 4.74 Å². The fourth-order valence-electron chi connectivity index (χ4n) is 5.20. The van der Waals surface area contributed by atoms with Gasteiger partial charge in [-0.25, -0.2) is 8.78 Å². The number of nitrogens with one attached hydrogen (secondary N) is 1. The minimum Gasteiger partial charge on any atom is -0.371 e. The zero-order valence-electron chi connectivity index (χ0n) is 16.1. The first-order chi connectivity index (χ1) is 14.1. The van der Waals surface area contributed by atoms with Crippen LogP contribution in [0.3, 0.4) is 0 Å². The Balaban J connectivity index is 1.26. The monoisotopic (exact) mass is 395 g/mol. The van der Waals surface area contributed by atoms with Crippen LogP contribution < -0.4 is 9.80 Å². The molecule has 6 rings (SSSR count). The Morgan fingerprint density at radius 2 is 1.79 bits per heavy atom. The third kappa shape index (κ3) is 2.89. The first-order valence-electron chi connectivity index (χ1n) is 10.4. The van der Waals surface area contributed by atoms with Crippen molar-refractivity contribution in [2.45, 2.75) is 38.0 Å². The minimum atomic E-state index is -0.234. The second-order valence-corrected chi connectivity index (χ2v) is 8.44. The molecule has 2 fully saturated rings. The Bertz CT molecular complexity index is 1080. The number of nitrogens with zero attached hydrogens (tertiary/aromatic N) is 2. The van der Waals surface area contributed by atoms with Gasteiger partial charge >= 0.3 is 0 Å². The van der Waals surface area contributed by atoms with Gasteiger partial charge < -0.3 is 19.5 Å². The van der Waals surface area contributed by atoms with Crippen LogP contribution in [-0.4, -0.2) is 36.8 Å². The van der Waals surface area contributed by atoms with Crippen LogP contribution in [0.1, 0.15) is 24.1 Å². The molecule has 2 aromatic carbocycles. The van der Waals surface area contributed by atoms with Crippen LogP contribution >= 0.6 is 0 Å². The molecule has 4 nitrogen and oxygen atoms in total. The lowest BCUT2D eigenvalue weighted by molar-refractivity contribution is 0.0303. The summed E-state index contributed by atoms with van der Waals surface area (Å²) in [4.78, 5) is 7.67. The summed E-state index contributed by atoms with van der Waals surface area (Å²) in [6, 6.07) is 10.5. The molecule has 1 N–H and O–H groups in total. The third-order valence-corrected chi connectivity index (χ3v) is 6.62. The topological polar surface area (TPSA) is 31.5 Å². The normalized spacial score (nSPS) is 23.7. The number of morpholine rings is 1. The molecule has 4 heterocycles. The summed E-state index contributed by atoms with van der Waals surface area (Å²) in [6.07, 6.45) is 3.48. The number of rotatable bonds is 2. The molecule has 2 saturated heterocycles. The van der Waals surface area contributed by atoms with E-state index in [2.05, 4.69) is 14.8 Å². The number of aromatic amines is 1. The van der Waals surface area contributed by atoms with E-state index in [0.717, 1.165) is 61.2 Å². The highest BCUT2D eigenvalue weighted by molar-refractivity contribution is 5.85. The van der Waals surface area contributed by atoms with Gasteiger partial charge in [0, 0.05) is 41.9 Å². The van der Waals surface area contributed by atoms with E-state index in [1.807, 2.05) is 18.2 Å². The number of ether oxygens (including phenoxy) is 1. The summed E-state index contributed by atoms with van der Waals surface area (Å²) in [5.41, 5.74) is 4.73. The average molecular weight is 395 g/mol. The number of anilines is 2. The lowest BCUT2D eigenvalue weighted by Crippen LogP contribution is -2.43. The largest absolute Gasteiger partial charge is 0.371 e. The van der Waals surface area contributed by atoms with Gasteiger partial charge in [-0.15, -0.1) is 0 Å². The van der Waals surface area contributed by atoms with Gasteiger partial charge in [-0.3, -0.25) is 0 Å². The van der Waals surface area contributed by atoms with Gasteiger partial charge in [-0.1, -0.05) is 0 Å². The predicted octanol–water partition coefficient (Wildman–Crippen LogP) is 4.38. The van der Waals surface area contributed by atoms with Crippen molar-refractivity contribution in [2.24, 2.45) is 0 Å². The molecule has 3 aliphatic rings. The van der Waals surface area contributed by atoms with Crippen LogP contribution in [0, 0.1) is 11.6 Å². The Kier molecular flexibility index (Phi) is 3.85. The molecule has 2 unspecified atom stereocenters. The zero-order chi connectivity index (χ0) is 19.5. The number of halogens is 2. The predicted molar refractivity (Wildman–Crippen MR) is 110 cm³/mol. The third-order valence-electron chi connectivity index (χ3n) is 6.62. The lowest BCUT2D eigenvalue weighted by Gasteiger charge is -2.35. The highest BCUT2D eigenvalue weighted by atomic mass is 19.1. The highest BCUT2D eigenvalue weighted by Gasteiger charge is 2.34. The van der Waals surface area contributed by atoms with E-state index in [9.17, 15) is 4.39 Å². The van der Waals surface area contributed by atoms with Crippen LogP contribution in [0.25, 0.3) is 10.9 Å². The van der Waals surface area contributed by atoms with Gasteiger partial charge in [0.15, 0.2) is 0 Å². The maximum absolute atomic E-state index is 15.0. The number of hydrogen-bond acceptors (Lipinski definition) is 3. The van der Waals surface area contributed by atoms with Crippen LogP contribution in [-0.2, 0) is 17.7 Å². The van der Waals surface area contributed by atoms with Crippen LogP contribution in [0.5, 0.6) is 0 Å². The van der Waals surface area contributed by atoms with Gasteiger partial charge in [-0.2, -0.15) is 0 Å². The van der Waals surface area contributed by atoms with E-state index in [-0.39, 0.29) is 23.8 Å². The molecule has 2 atom stereocenters. The Labute approximate surface area is 168 Å². The van der Waals surface area contributed by atoms with Crippen LogP contribution in [0.2, 0.25) is 0 Å². The van der Waals surface area contributed by atoms with E-state index in [0.29, 0.717) is 12.2 Å². The Morgan fingerprint density at radius 3 is 2.59 bits per heavy atom. The molecule has 0 amide bonds. The molecular formula is C23H23F2N3O. The van der Waals surface area contributed by atoms with Gasteiger partial charge in [0.2, 0.25) is 0 Å². The molecule has 1 aromatic heterocycles. The van der Waals surface area contributed by atoms with Crippen molar-refractivity contribution in [2.75, 3.05) is 29.4 Å². The second-order valence-electron chi connectivity index (χ2n) is 8.44. The number of H-pyrrole nitrogens is 1. The molecule has 3 aromatic rings. The summed E-state index contributed by atoms with van der Waals surface area (Å²) in [7, 11) is 0. The molecule has 0 saturated carbocycles. The first kappa shape index (κ1) is 17.3. The van der Waals surface area contributed by atoms with Crippen molar-refractivity contribution in [3.63, 3.8) is 0 Å². The maximum Gasteiger partial charge on any atom is 0.148 e. The summed E-state index contributed by atoms with van der Waals surface area (Å²) in [5.74, 6) is -0.407. The Morgan fingerprint density at radius 1 is 0.966 bits per heavy atom. The number of fused-ring (bicyclic) bond motifs is 5. The molecule has 150 valence electrons. The van der Waals surface area contributed by atoms with Crippen molar-refractivity contribution >= 4 is 22.3 Å². The van der Waals surface area contributed by atoms with Crippen LogP contribution in [0.15, 0.2) is 36.4 Å². The fourth-order valence-corrected chi connectivity index (χ4v) is 5.20. The quantitative estimate of drug-likeness (QED) is 0.699. The summed E-state index contributed by atoms with van der Waals surface area (Å²) < 4.78 is 34.4. The number of hydrogen-bond donors (Lipinski definition) is 1.